The van der Waals surface area contributed by atoms with Gasteiger partial charge in [0.1, 0.15) is 0 Å². The highest BCUT2D eigenvalue weighted by Crippen LogP contribution is 2.28. The number of rotatable bonds is 3. The molecule has 5 nitrogen and oxygen atoms in total. The molecule has 0 spiro atoms. The van der Waals surface area contributed by atoms with Crippen LogP contribution in [0.1, 0.15) is 6.42 Å². The second-order valence-corrected chi connectivity index (χ2v) is 3.42. The highest BCUT2D eigenvalue weighted by atomic mass is 32.2. The van der Waals surface area contributed by atoms with Crippen molar-refractivity contribution in [2.75, 3.05) is 6.26 Å². The van der Waals surface area contributed by atoms with Crippen molar-refractivity contribution < 1.29 is 19.8 Å². The summed E-state index contributed by atoms with van der Waals surface area (Å²) in [5, 5.41) is 17.2. The predicted octanol–water partition coefficient (Wildman–Crippen LogP) is -0.689. The van der Waals surface area contributed by atoms with E-state index in [1.54, 1.807) is 6.26 Å². The summed E-state index contributed by atoms with van der Waals surface area (Å²) in [5.41, 5.74) is 0. The van der Waals surface area contributed by atoms with Crippen molar-refractivity contribution in [3.63, 3.8) is 0 Å². The number of thioether (sulfide) groups is 1. The minimum absolute atomic E-state index is 0.191. The van der Waals surface area contributed by atoms with Gasteiger partial charge in [-0.05, 0) is 6.26 Å². The number of carbonyl (C=O) groups excluding carboxylic acids is 1. The number of β-lactam (4-membered cyclic amide) rings is 1. The normalized spacial score (nSPS) is 25.0. The van der Waals surface area contributed by atoms with Crippen LogP contribution in [-0.2, 0) is 9.59 Å². The third-order valence-corrected chi connectivity index (χ3v) is 2.64. The zero-order valence-electron chi connectivity index (χ0n) is 6.43. The van der Waals surface area contributed by atoms with E-state index in [0.717, 1.165) is 4.90 Å². The molecule has 2 N–H and O–H groups in total. The zero-order valence-corrected chi connectivity index (χ0v) is 7.24. The second-order valence-electron chi connectivity index (χ2n) is 2.41. The molecule has 0 aromatic rings. The molecule has 68 valence electrons. The van der Waals surface area contributed by atoms with Gasteiger partial charge in [-0.2, -0.15) is 0 Å². The van der Waals surface area contributed by atoms with Gasteiger partial charge >= 0.3 is 5.97 Å². The molecule has 0 radical (unpaired) electrons. The molecule has 1 aliphatic rings. The maximum absolute atomic E-state index is 10.8. The number of aliphatic hydroxyl groups is 1. The van der Waals surface area contributed by atoms with Crippen LogP contribution in [0.4, 0.5) is 0 Å². The van der Waals surface area contributed by atoms with Gasteiger partial charge in [0.2, 0.25) is 12.1 Å². The largest absolute Gasteiger partial charge is 0.478 e. The van der Waals surface area contributed by atoms with Crippen LogP contribution in [0.5, 0.6) is 0 Å². The third-order valence-electron chi connectivity index (χ3n) is 1.70. The van der Waals surface area contributed by atoms with Gasteiger partial charge in [-0.25, -0.2) is 4.79 Å². The predicted molar refractivity (Wildman–Crippen MR) is 42.4 cm³/mol. The Labute approximate surface area is 73.4 Å². The van der Waals surface area contributed by atoms with Gasteiger partial charge in [-0.1, -0.05) is 0 Å². The molecule has 2 atom stereocenters. The lowest BCUT2D eigenvalue weighted by molar-refractivity contribution is -0.174. The molecule has 1 heterocycles. The molecule has 0 bridgehead atoms. The number of amides is 1. The van der Waals surface area contributed by atoms with Gasteiger partial charge in [0, 0.05) is 0 Å². The fourth-order valence-corrected chi connectivity index (χ4v) is 1.78. The maximum Gasteiger partial charge on any atom is 0.354 e. The first kappa shape index (κ1) is 9.34. The molecule has 2 unspecified atom stereocenters. The standard InChI is InChI=1S/C6H9NO4S/c1-12-4-2-3(8)7(4)5(9)6(10)11/h4-5,9H,2H2,1H3,(H,10,11). The fourth-order valence-electron chi connectivity index (χ4n) is 1.01. The van der Waals surface area contributed by atoms with Crippen molar-refractivity contribution in [2.45, 2.75) is 18.0 Å². The summed E-state index contributed by atoms with van der Waals surface area (Å²) < 4.78 is 0. The number of carboxylic acid groups (broad SMARTS) is 1. The average molecular weight is 191 g/mol. The molecule has 1 aliphatic heterocycles. The van der Waals surface area contributed by atoms with Crippen molar-refractivity contribution in [2.24, 2.45) is 0 Å². The lowest BCUT2D eigenvalue weighted by Crippen LogP contribution is -2.58. The van der Waals surface area contributed by atoms with Gasteiger partial charge in [0.15, 0.2) is 0 Å². The maximum atomic E-state index is 10.8. The topological polar surface area (TPSA) is 77.8 Å². The Balaban J connectivity index is 2.60. The first-order chi connectivity index (χ1) is 5.57. The summed E-state index contributed by atoms with van der Waals surface area (Å²) in [6.45, 7) is 0. The highest BCUT2D eigenvalue weighted by Gasteiger charge is 2.42. The van der Waals surface area contributed by atoms with E-state index >= 15 is 0 Å². The van der Waals surface area contributed by atoms with Crippen molar-refractivity contribution in [3.8, 4) is 0 Å². The molecule has 1 fully saturated rings. The van der Waals surface area contributed by atoms with E-state index < -0.39 is 12.2 Å². The molecular formula is C6H9NO4S. The van der Waals surface area contributed by atoms with Gasteiger partial charge < -0.3 is 10.2 Å². The number of likely N-dealkylation sites (tertiary alicyclic amines) is 1. The number of aliphatic carboxylic acids is 1. The summed E-state index contributed by atoms with van der Waals surface area (Å²) in [6, 6.07) is 0. The molecular weight excluding hydrogens is 182 g/mol. The SMILES string of the molecule is CSC1CC(=O)N1C(O)C(=O)O. The van der Waals surface area contributed by atoms with Crippen LogP contribution < -0.4 is 0 Å². The van der Waals surface area contributed by atoms with Crippen molar-refractivity contribution >= 4 is 23.6 Å². The lowest BCUT2D eigenvalue weighted by atomic mass is 10.2. The molecule has 12 heavy (non-hydrogen) atoms. The fraction of sp³-hybridized carbons (Fsp3) is 0.667. The van der Waals surface area contributed by atoms with Crippen LogP contribution in [0.15, 0.2) is 0 Å². The minimum atomic E-state index is -1.69. The number of hydrogen-bond acceptors (Lipinski definition) is 4. The summed E-state index contributed by atoms with van der Waals surface area (Å²) in [4.78, 5) is 22.1. The first-order valence-corrected chi connectivity index (χ1v) is 4.61. The molecule has 0 aromatic heterocycles. The van der Waals surface area contributed by atoms with Crippen LogP contribution in [0.2, 0.25) is 0 Å². The Morgan fingerprint density at radius 1 is 1.83 bits per heavy atom. The van der Waals surface area contributed by atoms with E-state index in [4.69, 9.17) is 10.2 Å². The summed E-state index contributed by atoms with van der Waals surface area (Å²) >= 11 is 1.35. The number of aliphatic hydroxyl groups excluding tert-OH is 1. The third kappa shape index (κ3) is 1.39. The summed E-state index contributed by atoms with van der Waals surface area (Å²) in [6.07, 6.45) is 0.383. The van der Waals surface area contributed by atoms with Crippen molar-refractivity contribution in [1.29, 1.82) is 0 Å². The number of hydrogen-bond donors (Lipinski definition) is 2. The van der Waals surface area contributed by atoms with Gasteiger partial charge in [0.25, 0.3) is 0 Å². The van der Waals surface area contributed by atoms with E-state index in [1.165, 1.54) is 11.8 Å². The summed E-state index contributed by atoms with van der Waals surface area (Å²) in [5.74, 6) is -1.70. The highest BCUT2D eigenvalue weighted by molar-refractivity contribution is 7.99. The van der Waals surface area contributed by atoms with Crippen molar-refractivity contribution in [3.05, 3.63) is 0 Å². The second kappa shape index (κ2) is 3.32. The van der Waals surface area contributed by atoms with Crippen LogP contribution >= 0.6 is 11.8 Å². The first-order valence-electron chi connectivity index (χ1n) is 3.32. The Bertz CT molecular complexity index is 220. The Hall–Kier alpha value is -0.750. The van der Waals surface area contributed by atoms with Gasteiger partial charge in [-0.15, -0.1) is 11.8 Å². The molecule has 0 saturated carbocycles. The average Bonchev–Trinajstić information content (AvgIpc) is 1.99. The van der Waals surface area contributed by atoms with E-state index in [2.05, 4.69) is 0 Å². The summed E-state index contributed by atoms with van der Waals surface area (Å²) in [7, 11) is 0. The molecule has 1 saturated heterocycles. The van der Waals surface area contributed by atoms with E-state index in [9.17, 15) is 9.59 Å². The minimum Gasteiger partial charge on any atom is -0.478 e. The number of nitrogens with zero attached hydrogens (tertiary/aromatic N) is 1. The molecule has 6 heteroatoms. The number of carbonyl (C=O) groups is 2. The molecule has 0 aliphatic carbocycles. The van der Waals surface area contributed by atoms with Crippen LogP contribution in [0, 0.1) is 0 Å². The quantitative estimate of drug-likeness (QED) is 0.577. The Morgan fingerprint density at radius 3 is 2.75 bits per heavy atom. The smallest absolute Gasteiger partial charge is 0.354 e. The van der Waals surface area contributed by atoms with Gasteiger partial charge in [0.05, 0.1) is 11.8 Å². The van der Waals surface area contributed by atoms with Crippen molar-refractivity contribution in [1.82, 2.24) is 4.90 Å². The van der Waals surface area contributed by atoms with Crippen LogP contribution in [-0.4, -0.2) is 44.8 Å². The number of carboxylic acids is 1. The zero-order chi connectivity index (χ0) is 9.30. The molecule has 1 amide bonds. The Kier molecular flexibility index (Phi) is 2.58. The molecule has 1 rings (SSSR count). The van der Waals surface area contributed by atoms with E-state index in [1.807, 2.05) is 0 Å². The lowest BCUT2D eigenvalue weighted by Gasteiger charge is -2.40. The Morgan fingerprint density at radius 2 is 2.42 bits per heavy atom. The molecule has 0 aromatic carbocycles. The van der Waals surface area contributed by atoms with Crippen LogP contribution in [0.3, 0.4) is 0 Å². The van der Waals surface area contributed by atoms with E-state index in [-0.39, 0.29) is 11.3 Å². The monoisotopic (exact) mass is 191 g/mol. The van der Waals surface area contributed by atoms with Gasteiger partial charge in [-0.3, -0.25) is 9.69 Å². The van der Waals surface area contributed by atoms with E-state index in [0.29, 0.717) is 6.42 Å². The van der Waals surface area contributed by atoms with Crippen LogP contribution in [0.25, 0.3) is 0 Å².